The summed E-state index contributed by atoms with van der Waals surface area (Å²) in [6.07, 6.45) is 3.34. The smallest absolute Gasteiger partial charge is 0.545 e. The van der Waals surface area contributed by atoms with Crippen LogP contribution in [-0.4, -0.2) is 136 Å². The van der Waals surface area contributed by atoms with Crippen LogP contribution in [0.5, 0.6) is 23.3 Å². The Morgan fingerprint density at radius 1 is 0.456 bits per heavy atom. The number of aromatic nitrogens is 4. The molecular weight excluding hydrogens is 1040 g/mol. The Balaban J connectivity index is 0.00000504. The van der Waals surface area contributed by atoms with Crippen molar-refractivity contribution in [2.75, 3.05) is 105 Å². The standard InChI is InChI=1S/C56H56N6O15.2Na/c1-69-45-33-37(13-15-43(45)57)49(63)51-59-53(47-41(11-5-17-61(47)51)35-7-3-9-39(31-35)55(65)66)76-29-27-74-25-23-72-21-19-71-20-22-73-24-26-75-28-30-77-54-48-42(36-8-4-10-40(32-36)56(67)68)12-6-18-62(48)52(60-54)50(64)38-14-16-44(58)46(34-38)70-2;;/h3-18,31-34H,19-30,57-58H2,1-2H3,(H,65,66)(H,67,68);;/q;2*+1/p-2. The third-order valence-corrected chi connectivity index (χ3v) is 11.9. The molecule has 4 heterocycles. The van der Waals surface area contributed by atoms with E-state index in [0.29, 0.717) is 95.8 Å². The zero-order valence-electron chi connectivity index (χ0n) is 44.1. The van der Waals surface area contributed by atoms with Crippen LogP contribution in [0.25, 0.3) is 33.3 Å². The Hall–Kier alpha value is -6.86. The minimum atomic E-state index is -1.33. The van der Waals surface area contributed by atoms with E-state index in [0.717, 1.165) is 0 Å². The summed E-state index contributed by atoms with van der Waals surface area (Å²) in [5.74, 6) is -2.42. The fourth-order valence-electron chi connectivity index (χ4n) is 8.17. The molecule has 0 amide bonds. The number of imidazole rings is 2. The minimum absolute atomic E-state index is 0. The van der Waals surface area contributed by atoms with Crippen LogP contribution in [0.3, 0.4) is 0 Å². The predicted octanol–water partition coefficient (Wildman–Crippen LogP) is -1.76. The van der Waals surface area contributed by atoms with E-state index in [9.17, 15) is 29.4 Å². The summed E-state index contributed by atoms with van der Waals surface area (Å²) in [4.78, 5) is 60.3. The molecule has 0 saturated heterocycles. The van der Waals surface area contributed by atoms with Gasteiger partial charge >= 0.3 is 59.1 Å². The molecule has 400 valence electrons. The number of carboxylic acids is 2. The number of carbonyl (C=O) groups excluding carboxylic acids is 4. The monoisotopic (exact) mass is 1100 g/mol. The topological polar surface area (TPSA) is 284 Å². The van der Waals surface area contributed by atoms with E-state index >= 15 is 0 Å². The van der Waals surface area contributed by atoms with E-state index in [2.05, 4.69) is 9.97 Å². The number of aromatic carboxylic acids is 2. The number of nitrogens with zero attached hydrogens (tertiary/aromatic N) is 4. The van der Waals surface area contributed by atoms with Crippen molar-refractivity contribution in [2.45, 2.75) is 0 Å². The van der Waals surface area contributed by atoms with Crippen LogP contribution < -0.4 is 99.7 Å². The average Bonchev–Trinajstić information content (AvgIpc) is 4.18. The molecule has 4 aromatic carbocycles. The summed E-state index contributed by atoms with van der Waals surface area (Å²) in [7, 11) is 2.91. The number of fused-ring (bicyclic) bond motifs is 2. The Morgan fingerprint density at radius 3 is 1.15 bits per heavy atom. The number of nitrogen functional groups attached to an aromatic ring is 2. The number of carboxylic acid groups (broad SMARTS) is 2. The van der Waals surface area contributed by atoms with Gasteiger partial charge in [0.05, 0.1) is 104 Å². The summed E-state index contributed by atoms with van der Waals surface area (Å²) in [6.45, 7) is 2.97. The van der Waals surface area contributed by atoms with Gasteiger partial charge in [-0.1, -0.05) is 48.5 Å². The maximum Gasteiger partial charge on any atom is 1.00 e. The van der Waals surface area contributed by atoms with Crippen LogP contribution in [0.1, 0.15) is 53.1 Å². The molecule has 0 aliphatic carbocycles. The molecule has 0 aliphatic rings. The third-order valence-electron chi connectivity index (χ3n) is 11.9. The molecule has 0 unspecified atom stereocenters. The Labute approximate surface area is 498 Å². The van der Waals surface area contributed by atoms with Crippen LogP contribution in [0, 0.1) is 0 Å². The van der Waals surface area contributed by atoms with Crippen LogP contribution in [0.2, 0.25) is 0 Å². The number of hydrogen-bond acceptors (Lipinski definition) is 19. The van der Waals surface area contributed by atoms with Crippen molar-refractivity contribution in [3.05, 3.63) is 155 Å². The van der Waals surface area contributed by atoms with Crippen molar-refractivity contribution >= 4 is 45.9 Å². The minimum Gasteiger partial charge on any atom is -0.545 e. The molecule has 79 heavy (non-hydrogen) atoms. The van der Waals surface area contributed by atoms with E-state index in [1.165, 1.54) is 50.6 Å². The van der Waals surface area contributed by atoms with Gasteiger partial charge in [0.2, 0.25) is 23.3 Å². The van der Waals surface area contributed by atoms with Crippen molar-refractivity contribution in [3.8, 4) is 45.5 Å². The number of carbonyl (C=O) groups is 4. The summed E-state index contributed by atoms with van der Waals surface area (Å²) in [5, 5.41) is 23.4. The Bertz CT molecular complexity index is 3180. The molecule has 21 nitrogen and oxygen atoms in total. The van der Waals surface area contributed by atoms with Gasteiger partial charge in [0, 0.05) is 34.6 Å². The van der Waals surface area contributed by atoms with Gasteiger partial charge in [-0.2, -0.15) is 9.97 Å². The second-order valence-corrected chi connectivity index (χ2v) is 16.8. The second kappa shape index (κ2) is 29.9. The van der Waals surface area contributed by atoms with Gasteiger partial charge in [-0.25, -0.2) is 0 Å². The fraction of sp³-hybridized carbons (Fsp3) is 0.250. The van der Waals surface area contributed by atoms with Gasteiger partial charge < -0.3 is 73.9 Å². The van der Waals surface area contributed by atoms with Crippen molar-refractivity contribution in [1.29, 1.82) is 0 Å². The van der Waals surface area contributed by atoms with Crippen molar-refractivity contribution in [3.63, 3.8) is 0 Å². The van der Waals surface area contributed by atoms with E-state index < -0.39 is 23.5 Å². The average molecular weight is 1100 g/mol. The molecule has 0 spiro atoms. The molecule has 0 aliphatic heterocycles. The molecular formula is C56H54N6Na2O15. The van der Waals surface area contributed by atoms with E-state index in [-0.39, 0.29) is 144 Å². The quantitative estimate of drug-likeness (QED) is 0.0218. The van der Waals surface area contributed by atoms with E-state index in [1.807, 2.05) is 0 Å². The number of hydrogen-bond donors (Lipinski definition) is 2. The zero-order chi connectivity index (χ0) is 54.3. The molecule has 8 rings (SSSR count). The van der Waals surface area contributed by atoms with Crippen LogP contribution in [0.4, 0.5) is 11.4 Å². The van der Waals surface area contributed by atoms with Gasteiger partial charge in [0.15, 0.2) is 11.6 Å². The normalized spacial score (nSPS) is 11.0. The maximum atomic E-state index is 13.8. The molecule has 8 aromatic rings. The number of anilines is 2. The summed E-state index contributed by atoms with van der Waals surface area (Å²) < 4.78 is 54.4. The van der Waals surface area contributed by atoms with Crippen molar-refractivity contribution in [1.82, 2.24) is 18.8 Å². The number of pyridine rings is 2. The first-order valence-electron chi connectivity index (χ1n) is 24.2. The summed E-state index contributed by atoms with van der Waals surface area (Å²) >= 11 is 0. The van der Waals surface area contributed by atoms with Gasteiger partial charge in [-0.15, -0.1) is 0 Å². The number of ether oxygens (including phenoxy) is 9. The fourth-order valence-corrected chi connectivity index (χ4v) is 8.17. The van der Waals surface area contributed by atoms with Crippen LogP contribution in [0.15, 0.2) is 122 Å². The Morgan fingerprint density at radius 2 is 0.810 bits per heavy atom. The maximum absolute atomic E-state index is 13.8. The SMILES string of the molecule is COc1cc(C(=O)c2nc(OCCOCCOCCOCCOCCOCCOc3nc(C(=O)c4ccc(N)c(OC)c4)n4cccc(-c5cccc(C(=O)[O-])c5)c34)c3c(-c4cccc(C(=O)[O-])c4)cccn23)ccc1N.[Na+].[Na+]. The predicted molar refractivity (Wildman–Crippen MR) is 277 cm³/mol. The zero-order valence-corrected chi connectivity index (χ0v) is 48.1. The summed E-state index contributed by atoms with van der Waals surface area (Å²) in [5.41, 5.74) is 16.4. The van der Waals surface area contributed by atoms with Gasteiger partial charge in [0.25, 0.3) is 0 Å². The van der Waals surface area contributed by atoms with Crippen molar-refractivity contribution < 1.29 is 131 Å². The molecule has 0 fully saturated rings. The third kappa shape index (κ3) is 15.3. The first-order valence-corrected chi connectivity index (χ1v) is 24.2. The van der Waals surface area contributed by atoms with Crippen molar-refractivity contribution in [2.24, 2.45) is 0 Å². The molecule has 4 N–H and O–H groups in total. The van der Waals surface area contributed by atoms with E-state index in [1.54, 1.807) is 94.0 Å². The molecule has 4 aromatic heterocycles. The first kappa shape index (κ1) is 61.4. The molecule has 0 bridgehead atoms. The van der Waals surface area contributed by atoms with Gasteiger partial charge in [-0.3, -0.25) is 18.4 Å². The van der Waals surface area contributed by atoms with Gasteiger partial charge in [0.1, 0.15) is 35.7 Å². The largest absolute Gasteiger partial charge is 1.00 e. The van der Waals surface area contributed by atoms with Gasteiger partial charge in [-0.05, 0) is 82.9 Å². The number of ketones is 2. The molecule has 23 heteroatoms. The van der Waals surface area contributed by atoms with Crippen LogP contribution in [-0.2, 0) is 23.7 Å². The molecule has 0 atom stereocenters. The van der Waals surface area contributed by atoms with Crippen LogP contribution >= 0.6 is 0 Å². The number of methoxy groups -OCH3 is 2. The number of nitrogens with two attached hydrogens (primary N) is 2. The Kier molecular flexibility index (Phi) is 23.2. The second-order valence-electron chi connectivity index (χ2n) is 16.8. The molecule has 0 radical (unpaired) electrons. The van der Waals surface area contributed by atoms with E-state index in [4.69, 9.17) is 54.1 Å². The molecule has 0 saturated carbocycles. The number of rotatable bonds is 30. The number of benzene rings is 4. The first-order chi connectivity index (χ1) is 37.5. The summed E-state index contributed by atoms with van der Waals surface area (Å²) in [6, 6.07) is 28.9.